The molecule has 0 aromatic heterocycles. The summed E-state index contributed by atoms with van der Waals surface area (Å²) in [4.78, 5) is 0. The van der Waals surface area contributed by atoms with Crippen molar-refractivity contribution in [2.75, 3.05) is 0 Å². The highest BCUT2D eigenvalue weighted by atomic mass is 35.5. The van der Waals surface area contributed by atoms with Gasteiger partial charge in [0.1, 0.15) is 6.07 Å². The summed E-state index contributed by atoms with van der Waals surface area (Å²) < 4.78 is 0. The molecule has 18 heavy (non-hydrogen) atoms. The maximum atomic E-state index is 9.30. The Kier molecular flexibility index (Phi) is 3.66. The van der Waals surface area contributed by atoms with E-state index in [0.29, 0.717) is 32.5 Å². The number of halogens is 2. The molecule has 1 aliphatic carbocycles. The van der Waals surface area contributed by atoms with Crippen LogP contribution in [-0.2, 0) is 0 Å². The quantitative estimate of drug-likeness (QED) is 0.758. The van der Waals surface area contributed by atoms with Gasteiger partial charge in [-0.1, -0.05) is 41.4 Å². The Hall–Kier alpha value is -1.82. The molecule has 2 nitrogen and oxygen atoms in total. The van der Waals surface area contributed by atoms with Crippen LogP contribution in [0.1, 0.15) is 5.56 Å². The van der Waals surface area contributed by atoms with E-state index in [9.17, 15) is 5.26 Å². The molecule has 88 valence electrons. The van der Waals surface area contributed by atoms with E-state index in [1.807, 2.05) is 0 Å². The van der Waals surface area contributed by atoms with E-state index >= 15 is 0 Å². The van der Waals surface area contributed by atoms with Crippen molar-refractivity contribution in [2.45, 2.75) is 0 Å². The van der Waals surface area contributed by atoms with Gasteiger partial charge in [0.25, 0.3) is 0 Å². The predicted octanol–water partition coefficient (Wildman–Crippen LogP) is 4.42. The Labute approximate surface area is 115 Å². The lowest BCUT2D eigenvalue weighted by molar-refractivity contribution is 1.49. The first-order chi connectivity index (χ1) is 8.63. The van der Waals surface area contributed by atoms with Crippen molar-refractivity contribution in [3.05, 3.63) is 63.7 Å². The Morgan fingerprint density at radius 1 is 1.06 bits per heavy atom. The van der Waals surface area contributed by atoms with Crippen molar-refractivity contribution in [3.63, 3.8) is 0 Å². The number of nitrogens with zero attached hydrogens (tertiary/aromatic N) is 1. The molecule has 1 aromatic carbocycles. The molecule has 0 bridgehead atoms. The first-order valence-electron chi connectivity index (χ1n) is 5.17. The third-order valence-electron chi connectivity index (χ3n) is 2.50. The van der Waals surface area contributed by atoms with E-state index in [1.54, 1.807) is 42.5 Å². The van der Waals surface area contributed by atoms with Crippen LogP contribution in [0.2, 0.25) is 10.0 Å². The van der Waals surface area contributed by atoms with Gasteiger partial charge in [0, 0.05) is 5.56 Å². The topological polar surface area (TPSA) is 47.6 Å². The molecule has 0 saturated heterocycles. The van der Waals surface area contributed by atoms with E-state index in [0.717, 1.165) is 0 Å². The highest BCUT2D eigenvalue weighted by Crippen LogP contribution is 2.33. The zero-order valence-corrected chi connectivity index (χ0v) is 10.8. The highest BCUT2D eigenvalue weighted by Gasteiger charge is 2.14. The van der Waals surface area contributed by atoms with Crippen molar-refractivity contribution in [2.24, 2.45) is 0 Å². The van der Waals surface area contributed by atoms with Gasteiger partial charge in [-0.15, -0.1) is 0 Å². The second-order valence-electron chi connectivity index (χ2n) is 3.66. The van der Waals surface area contributed by atoms with Crippen LogP contribution >= 0.6 is 23.2 Å². The number of benzene rings is 1. The van der Waals surface area contributed by atoms with Gasteiger partial charge in [-0.2, -0.15) is 5.26 Å². The van der Waals surface area contributed by atoms with Crippen LogP contribution in [0.25, 0.3) is 5.57 Å². The van der Waals surface area contributed by atoms with Gasteiger partial charge in [-0.05, 0) is 29.9 Å². The van der Waals surface area contributed by atoms with E-state index in [2.05, 4.69) is 6.07 Å². The van der Waals surface area contributed by atoms with Gasteiger partial charge in [0.05, 0.1) is 21.3 Å². The van der Waals surface area contributed by atoms with Gasteiger partial charge >= 0.3 is 0 Å². The normalized spacial score (nSPS) is 13.6. The van der Waals surface area contributed by atoms with Crippen LogP contribution in [0.3, 0.4) is 0 Å². The molecule has 1 aromatic rings. The minimum atomic E-state index is 0.390. The van der Waals surface area contributed by atoms with Crippen LogP contribution in [0.5, 0.6) is 0 Å². The fourth-order valence-electron chi connectivity index (χ4n) is 1.64. The van der Waals surface area contributed by atoms with Crippen LogP contribution in [-0.4, -0.2) is 5.71 Å². The van der Waals surface area contributed by atoms with Crippen LogP contribution in [0, 0.1) is 16.7 Å². The average Bonchev–Trinajstić information content (AvgIpc) is 2.35. The maximum Gasteiger partial charge on any atom is 0.100 e. The first kappa shape index (κ1) is 12.6. The second kappa shape index (κ2) is 5.22. The largest absolute Gasteiger partial charge is 0.301 e. The number of rotatable bonds is 1. The summed E-state index contributed by atoms with van der Waals surface area (Å²) in [5, 5.41) is 17.6. The van der Waals surface area contributed by atoms with Crippen LogP contribution in [0.15, 0.2) is 48.1 Å². The van der Waals surface area contributed by atoms with E-state index in [4.69, 9.17) is 28.6 Å². The summed E-state index contributed by atoms with van der Waals surface area (Å²) >= 11 is 12.2. The Morgan fingerprint density at radius 3 is 2.11 bits per heavy atom. The van der Waals surface area contributed by atoms with Crippen molar-refractivity contribution in [1.29, 1.82) is 10.7 Å². The molecule has 0 unspecified atom stereocenters. The molecule has 4 heteroatoms. The molecule has 0 spiro atoms. The van der Waals surface area contributed by atoms with Crippen molar-refractivity contribution < 1.29 is 0 Å². The highest BCUT2D eigenvalue weighted by molar-refractivity contribution is 6.38. The van der Waals surface area contributed by atoms with Crippen molar-refractivity contribution in [1.82, 2.24) is 0 Å². The Bertz CT molecular complexity index is 608. The number of hydrogen-bond donors (Lipinski definition) is 1. The smallest absolute Gasteiger partial charge is 0.100 e. The van der Waals surface area contributed by atoms with Crippen molar-refractivity contribution >= 4 is 34.5 Å². The number of hydrogen-bond acceptors (Lipinski definition) is 2. The van der Waals surface area contributed by atoms with Gasteiger partial charge in [0.2, 0.25) is 0 Å². The molecule has 0 aliphatic heterocycles. The lowest BCUT2D eigenvalue weighted by Gasteiger charge is -2.09. The standard InChI is InChI=1S/C14H8Cl2N2/c15-12-2-1-3-13(16)14(12)11(8-17)9-4-6-10(18)7-5-9/h1-7,18H. The summed E-state index contributed by atoms with van der Waals surface area (Å²) in [5.41, 5.74) is 2.02. The minimum Gasteiger partial charge on any atom is -0.301 e. The van der Waals surface area contributed by atoms with Crippen molar-refractivity contribution in [3.8, 4) is 6.07 Å². The average molecular weight is 275 g/mol. The summed E-state index contributed by atoms with van der Waals surface area (Å²) in [6.07, 6.45) is 6.66. The lowest BCUT2D eigenvalue weighted by atomic mass is 9.97. The molecular formula is C14H8Cl2N2. The fourth-order valence-corrected chi connectivity index (χ4v) is 2.22. The van der Waals surface area contributed by atoms with E-state index < -0.39 is 0 Å². The summed E-state index contributed by atoms with van der Waals surface area (Å²) in [6, 6.07) is 7.24. The fraction of sp³-hybridized carbons (Fsp3) is 0. The zero-order valence-electron chi connectivity index (χ0n) is 9.24. The molecular weight excluding hydrogens is 267 g/mol. The summed E-state index contributed by atoms with van der Waals surface area (Å²) in [5.74, 6) is 0. The minimum absolute atomic E-state index is 0.390. The van der Waals surface area contributed by atoms with Gasteiger partial charge < -0.3 is 5.41 Å². The number of allylic oxidation sites excluding steroid dienone is 6. The SMILES string of the molecule is N#CC(=C1C=CC(=N)C=C1)c1c(Cl)cccc1Cl. The Balaban J connectivity index is 2.65. The van der Waals surface area contributed by atoms with E-state index in [1.165, 1.54) is 0 Å². The lowest BCUT2D eigenvalue weighted by Crippen LogP contribution is -1.95. The number of nitrogens with one attached hydrogen (secondary N) is 1. The predicted molar refractivity (Wildman–Crippen MR) is 75.0 cm³/mol. The molecule has 0 amide bonds. The van der Waals surface area contributed by atoms with Gasteiger partial charge in [-0.3, -0.25) is 0 Å². The van der Waals surface area contributed by atoms with Gasteiger partial charge in [0.15, 0.2) is 0 Å². The molecule has 2 rings (SSSR count). The third kappa shape index (κ3) is 2.38. The summed E-state index contributed by atoms with van der Waals surface area (Å²) in [6.45, 7) is 0. The monoisotopic (exact) mass is 274 g/mol. The summed E-state index contributed by atoms with van der Waals surface area (Å²) in [7, 11) is 0. The first-order valence-corrected chi connectivity index (χ1v) is 5.92. The third-order valence-corrected chi connectivity index (χ3v) is 3.13. The molecule has 1 N–H and O–H groups in total. The molecule has 0 atom stereocenters. The zero-order chi connectivity index (χ0) is 13.1. The van der Waals surface area contributed by atoms with Crippen LogP contribution in [0.4, 0.5) is 0 Å². The molecule has 0 heterocycles. The molecule has 0 saturated carbocycles. The van der Waals surface area contributed by atoms with Crippen LogP contribution < -0.4 is 0 Å². The van der Waals surface area contributed by atoms with Gasteiger partial charge in [-0.25, -0.2) is 0 Å². The molecule has 0 radical (unpaired) electrons. The molecule has 1 aliphatic rings. The maximum absolute atomic E-state index is 9.30. The Morgan fingerprint density at radius 2 is 1.61 bits per heavy atom. The molecule has 0 fully saturated rings. The van der Waals surface area contributed by atoms with E-state index in [-0.39, 0.29) is 0 Å². The second-order valence-corrected chi connectivity index (χ2v) is 4.48. The number of nitriles is 1.